The van der Waals surface area contributed by atoms with Gasteiger partial charge >= 0.3 is 0 Å². The molecule has 1 atom stereocenters. The number of hydrogen-bond donors (Lipinski definition) is 0. The van der Waals surface area contributed by atoms with Crippen molar-refractivity contribution < 1.29 is 9.59 Å². The topological polar surface area (TPSA) is 34.1 Å². The third-order valence-corrected chi connectivity index (χ3v) is 3.22. The van der Waals surface area contributed by atoms with Crippen molar-refractivity contribution in [2.45, 2.75) is 64.7 Å². The van der Waals surface area contributed by atoms with Crippen LogP contribution in [0.25, 0.3) is 0 Å². The van der Waals surface area contributed by atoms with Crippen LogP contribution >= 0.6 is 0 Å². The maximum atomic E-state index is 11.7. The van der Waals surface area contributed by atoms with Gasteiger partial charge in [-0.3, -0.25) is 9.59 Å². The number of rotatable bonds is 7. The largest absolute Gasteiger partial charge is 0.299 e. The SMILES string of the molecule is CCCCCCCC(=O)C1CCCC1=O. The predicted molar refractivity (Wildman–Crippen MR) is 60.7 cm³/mol. The van der Waals surface area contributed by atoms with Crippen molar-refractivity contribution in [3.8, 4) is 0 Å². The second-order valence-electron chi connectivity index (χ2n) is 4.54. The van der Waals surface area contributed by atoms with Gasteiger partial charge < -0.3 is 0 Å². The van der Waals surface area contributed by atoms with E-state index in [2.05, 4.69) is 6.92 Å². The fourth-order valence-corrected chi connectivity index (χ4v) is 2.23. The van der Waals surface area contributed by atoms with Gasteiger partial charge in [0.1, 0.15) is 11.6 Å². The molecule has 0 aromatic heterocycles. The molecular weight excluding hydrogens is 188 g/mol. The molecule has 1 rings (SSSR count). The van der Waals surface area contributed by atoms with Crippen LogP contribution in [0.3, 0.4) is 0 Å². The molecule has 2 nitrogen and oxygen atoms in total. The molecule has 1 fully saturated rings. The lowest BCUT2D eigenvalue weighted by Gasteiger charge is -2.06. The zero-order valence-electron chi connectivity index (χ0n) is 9.76. The van der Waals surface area contributed by atoms with Crippen molar-refractivity contribution in [3.05, 3.63) is 0 Å². The first kappa shape index (κ1) is 12.4. The third kappa shape index (κ3) is 4.15. The number of carbonyl (C=O) groups is 2. The molecule has 2 heteroatoms. The Hall–Kier alpha value is -0.660. The van der Waals surface area contributed by atoms with Gasteiger partial charge in [0.25, 0.3) is 0 Å². The monoisotopic (exact) mass is 210 g/mol. The summed E-state index contributed by atoms with van der Waals surface area (Å²) in [6, 6.07) is 0. The highest BCUT2D eigenvalue weighted by Gasteiger charge is 2.29. The molecule has 0 N–H and O–H groups in total. The Kier molecular flexibility index (Phi) is 5.59. The molecule has 0 radical (unpaired) electrons. The van der Waals surface area contributed by atoms with Crippen molar-refractivity contribution in [2.24, 2.45) is 5.92 Å². The average Bonchev–Trinajstić information content (AvgIpc) is 2.64. The molecule has 0 saturated heterocycles. The summed E-state index contributed by atoms with van der Waals surface area (Å²) in [5.74, 6) is 0.165. The minimum atomic E-state index is -0.226. The minimum Gasteiger partial charge on any atom is -0.299 e. The highest BCUT2D eigenvalue weighted by molar-refractivity contribution is 6.03. The molecule has 0 aromatic rings. The molecule has 1 saturated carbocycles. The predicted octanol–water partition coefficient (Wildman–Crippen LogP) is 3.29. The molecule has 0 aliphatic heterocycles. The fourth-order valence-electron chi connectivity index (χ4n) is 2.23. The number of carbonyl (C=O) groups excluding carboxylic acids is 2. The van der Waals surface area contributed by atoms with E-state index in [-0.39, 0.29) is 17.5 Å². The van der Waals surface area contributed by atoms with Crippen molar-refractivity contribution in [3.63, 3.8) is 0 Å². The van der Waals surface area contributed by atoms with Gasteiger partial charge in [0, 0.05) is 12.8 Å². The summed E-state index contributed by atoms with van der Waals surface area (Å²) in [6.45, 7) is 2.18. The quantitative estimate of drug-likeness (QED) is 0.477. The molecule has 0 amide bonds. The molecular formula is C13H22O2. The first-order valence-corrected chi connectivity index (χ1v) is 6.31. The molecule has 1 aliphatic carbocycles. The van der Waals surface area contributed by atoms with Gasteiger partial charge in [-0.05, 0) is 19.3 Å². The summed E-state index contributed by atoms with van der Waals surface area (Å²) in [7, 11) is 0. The van der Waals surface area contributed by atoms with Crippen LogP contribution in [-0.2, 0) is 9.59 Å². The van der Waals surface area contributed by atoms with Crippen molar-refractivity contribution in [1.29, 1.82) is 0 Å². The van der Waals surface area contributed by atoms with Crippen LogP contribution in [0.2, 0.25) is 0 Å². The smallest absolute Gasteiger partial charge is 0.143 e. The van der Waals surface area contributed by atoms with E-state index >= 15 is 0 Å². The lowest BCUT2D eigenvalue weighted by molar-refractivity contribution is -0.130. The molecule has 0 heterocycles. The Bertz CT molecular complexity index is 221. The van der Waals surface area contributed by atoms with E-state index in [1.807, 2.05) is 0 Å². The van der Waals surface area contributed by atoms with E-state index < -0.39 is 0 Å². The fraction of sp³-hybridized carbons (Fsp3) is 0.846. The summed E-state index contributed by atoms with van der Waals surface area (Å²) in [4.78, 5) is 23.0. The Balaban J connectivity index is 2.10. The maximum absolute atomic E-state index is 11.7. The first-order chi connectivity index (χ1) is 7.25. The van der Waals surface area contributed by atoms with Crippen LogP contribution in [0.5, 0.6) is 0 Å². The molecule has 0 bridgehead atoms. The van der Waals surface area contributed by atoms with Gasteiger partial charge in [0.15, 0.2) is 0 Å². The van der Waals surface area contributed by atoms with E-state index in [4.69, 9.17) is 0 Å². The minimum absolute atomic E-state index is 0.188. The van der Waals surface area contributed by atoms with Crippen LogP contribution in [0.1, 0.15) is 64.7 Å². The number of hydrogen-bond acceptors (Lipinski definition) is 2. The summed E-state index contributed by atoms with van der Waals surface area (Å²) in [5, 5.41) is 0. The van der Waals surface area contributed by atoms with Crippen molar-refractivity contribution >= 4 is 11.6 Å². The van der Waals surface area contributed by atoms with E-state index in [1.165, 1.54) is 19.3 Å². The molecule has 0 spiro atoms. The zero-order valence-corrected chi connectivity index (χ0v) is 9.76. The number of Topliss-reactive ketones (excluding diaryl/α,β-unsaturated/α-hetero) is 2. The van der Waals surface area contributed by atoms with Crippen LogP contribution in [0.15, 0.2) is 0 Å². The highest BCUT2D eigenvalue weighted by atomic mass is 16.2. The van der Waals surface area contributed by atoms with Gasteiger partial charge in [0.05, 0.1) is 5.92 Å². The van der Waals surface area contributed by atoms with Crippen LogP contribution in [-0.4, -0.2) is 11.6 Å². The zero-order chi connectivity index (χ0) is 11.1. The summed E-state index contributed by atoms with van der Waals surface area (Å²) < 4.78 is 0. The molecule has 86 valence electrons. The molecule has 0 aromatic carbocycles. The van der Waals surface area contributed by atoms with Gasteiger partial charge in [-0.2, -0.15) is 0 Å². The number of ketones is 2. The normalized spacial score (nSPS) is 20.9. The van der Waals surface area contributed by atoms with Crippen LogP contribution < -0.4 is 0 Å². The van der Waals surface area contributed by atoms with Gasteiger partial charge in [-0.15, -0.1) is 0 Å². The number of unbranched alkanes of at least 4 members (excludes halogenated alkanes) is 4. The van der Waals surface area contributed by atoms with E-state index in [9.17, 15) is 9.59 Å². The van der Waals surface area contributed by atoms with Gasteiger partial charge in [-0.1, -0.05) is 32.6 Å². The average molecular weight is 210 g/mol. The third-order valence-electron chi connectivity index (χ3n) is 3.22. The Morgan fingerprint density at radius 1 is 1.27 bits per heavy atom. The van der Waals surface area contributed by atoms with Crippen molar-refractivity contribution in [1.82, 2.24) is 0 Å². The van der Waals surface area contributed by atoms with Gasteiger partial charge in [0.2, 0.25) is 0 Å². The standard InChI is InChI=1S/C13H22O2/c1-2-3-4-5-6-9-12(14)11-8-7-10-13(11)15/h11H,2-10H2,1H3. The highest BCUT2D eigenvalue weighted by Crippen LogP contribution is 2.24. The van der Waals surface area contributed by atoms with Gasteiger partial charge in [-0.25, -0.2) is 0 Å². The Morgan fingerprint density at radius 3 is 2.60 bits per heavy atom. The van der Waals surface area contributed by atoms with Crippen LogP contribution in [0.4, 0.5) is 0 Å². The van der Waals surface area contributed by atoms with E-state index in [0.29, 0.717) is 12.8 Å². The maximum Gasteiger partial charge on any atom is 0.143 e. The van der Waals surface area contributed by atoms with Crippen molar-refractivity contribution in [2.75, 3.05) is 0 Å². The lowest BCUT2D eigenvalue weighted by atomic mass is 9.97. The second kappa shape index (κ2) is 6.76. The van der Waals surface area contributed by atoms with E-state index in [1.54, 1.807) is 0 Å². The van der Waals surface area contributed by atoms with E-state index in [0.717, 1.165) is 25.7 Å². The lowest BCUT2D eigenvalue weighted by Crippen LogP contribution is -2.18. The Morgan fingerprint density at radius 2 is 2.00 bits per heavy atom. The summed E-state index contributed by atoms with van der Waals surface area (Å²) in [5.41, 5.74) is 0. The summed E-state index contributed by atoms with van der Waals surface area (Å²) >= 11 is 0. The second-order valence-corrected chi connectivity index (χ2v) is 4.54. The first-order valence-electron chi connectivity index (χ1n) is 6.31. The molecule has 1 aliphatic rings. The molecule has 1 unspecified atom stereocenters. The summed E-state index contributed by atoms with van der Waals surface area (Å²) in [6.07, 6.45) is 8.82. The Labute approximate surface area is 92.4 Å². The van der Waals surface area contributed by atoms with Crippen LogP contribution in [0, 0.1) is 5.92 Å². The molecule has 15 heavy (non-hydrogen) atoms.